The molecular formula is C22H22O. The molecule has 0 amide bonds. The van der Waals surface area contributed by atoms with E-state index in [1.54, 1.807) is 0 Å². The van der Waals surface area contributed by atoms with Gasteiger partial charge in [-0.1, -0.05) is 43.3 Å². The van der Waals surface area contributed by atoms with Crippen molar-refractivity contribution in [3.05, 3.63) is 59.2 Å². The summed E-state index contributed by atoms with van der Waals surface area (Å²) in [5, 5.41) is 2.63. The standard InChI is InChI=1S/C22H22O/c1-2-14-3-5-16-11-17-6-8-21(23)22(20(17)12-18(16)9-14)13-15-4-7-19(22)10-15/h3-5,7,9,11-12,15,19H,2,6,8,10,13H2,1H3. The van der Waals surface area contributed by atoms with Gasteiger partial charge in [0.15, 0.2) is 0 Å². The van der Waals surface area contributed by atoms with Crippen molar-refractivity contribution in [2.45, 2.75) is 44.4 Å². The normalized spacial score (nSPS) is 31.3. The van der Waals surface area contributed by atoms with Crippen molar-refractivity contribution >= 4 is 16.6 Å². The predicted molar refractivity (Wildman–Crippen MR) is 93.7 cm³/mol. The first-order chi connectivity index (χ1) is 11.2. The topological polar surface area (TPSA) is 17.1 Å². The lowest BCUT2D eigenvalue weighted by molar-refractivity contribution is -0.126. The van der Waals surface area contributed by atoms with Crippen LogP contribution in [0.15, 0.2) is 42.5 Å². The highest BCUT2D eigenvalue weighted by molar-refractivity contribution is 5.96. The molecule has 1 heteroatoms. The van der Waals surface area contributed by atoms with Crippen LogP contribution in [0.3, 0.4) is 0 Å². The number of rotatable bonds is 1. The molecule has 3 atom stereocenters. The fraction of sp³-hybridized carbons (Fsp3) is 0.409. The first-order valence-corrected chi connectivity index (χ1v) is 8.98. The van der Waals surface area contributed by atoms with Crippen molar-refractivity contribution in [1.29, 1.82) is 0 Å². The Balaban J connectivity index is 1.77. The monoisotopic (exact) mass is 302 g/mol. The Morgan fingerprint density at radius 3 is 2.74 bits per heavy atom. The van der Waals surface area contributed by atoms with Gasteiger partial charge in [0.2, 0.25) is 0 Å². The van der Waals surface area contributed by atoms with Gasteiger partial charge in [-0.2, -0.15) is 0 Å². The highest BCUT2D eigenvalue weighted by Crippen LogP contribution is 2.57. The third-order valence-corrected chi connectivity index (χ3v) is 6.52. The molecule has 2 bridgehead atoms. The first kappa shape index (κ1) is 13.5. The van der Waals surface area contributed by atoms with Gasteiger partial charge in [0.1, 0.15) is 5.78 Å². The van der Waals surface area contributed by atoms with Gasteiger partial charge >= 0.3 is 0 Å². The first-order valence-electron chi connectivity index (χ1n) is 8.98. The summed E-state index contributed by atoms with van der Waals surface area (Å²) in [6.45, 7) is 2.20. The SMILES string of the molecule is CCc1ccc2cc3c(cc2c1)C1(CC2C=CC1C2)C(=O)CC3. The van der Waals surface area contributed by atoms with E-state index in [-0.39, 0.29) is 5.41 Å². The minimum atomic E-state index is -0.205. The molecule has 5 rings (SSSR count). The lowest BCUT2D eigenvalue weighted by Crippen LogP contribution is -2.43. The van der Waals surface area contributed by atoms with E-state index >= 15 is 0 Å². The average molecular weight is 302 g/mol. The van der Waals surface area contributed by atoms with Crippen molar-refractivity contribution in [1.82, 2.24) is 0 Å². The summed E-state index contributed by atoms with van der Waals surface area (Å²) in [7, 11) is 0. The maximum absolute atomic E-state index is 13.0. The van der Waals surface area contributed by atoms with Crippen LogP contribution < -0.4 is 0 Å². The van der Waals surface area contributed by atoms with Gasteiger partial charge in [-0.3, -0.25) is 4.79 Å². The molecule has 1 fully saturated rings. The molecule has 23 heavy (non-hydrogen) atoms. The van der Waals surface area contributed by atoms with Crippen molar-refractivity contribution in [3.8, 4) is 0 Å². The maximum atomic E-state index is 13.0. The van der Waals surface area contributed by atoms with Crippen LogP contribution in [0.5, 0.6) is 0 Å². The molecule has 0 aliphatic heterocycles. The zero-order valence-electron chi connectivity index (χ0n) is 13.6. The van der Waals surface area contributed by atoms with E-state index in [1.165, 1.54) is 33.9 Å². The largest absolute Gasteiger partial charge is 0.299 e. The Kier molecular flexibility index (Phi) is 2.69. The molecule has 0 radical (unpaired) electrons. The van der Waals surface area contributed by atoms with Crippen LogP contribution in [-0.2, 0) is 23.1 Å². The summed E-state index contributed by atoms with van der Waals surface area (Å²) in [5.41, 5.74) is 3.94. The molecule has 2 aromatic carbocycles. The van der Waals surface area contributed by atoms with Crippen LogP contribution >= 0.6 is 0 Å². The zero-order chi connectivity index (χ0) is 15.6. The van der Waals surface area contributed by atoms with Gasteiger partial charge in [0, 0.05) is 6.42 Å². The van der Waals surface area contributed by atoms with Gasteiger partial charge in [-0.05, 0) is 71.0 Å². The molecular weight excluding hydrogens is 280 g/mol. The Morgan fingerprint density at radius 2 is 2.00 bits per heavy atom. The number of hydrogen-bond donors (Lipinski definition) is 0. The number of ketones is 1. The van der Waals surface area contributed by atoms with E-state index < -0.39 is 0 Å². The van der Waals surface area contributed by atoms with Crippen molar-refractivity contribution < 1.29 is 4.79 Å². The van der Waals surface area contributed by atoms with Crippen molar-refractivity contribution in [2.75, 3.05) is 0 Å². The molecule has 1 nitrogen and oxygen atoms in total. The Bertz CT molecular complexity index is 860. The van der Waals surface area contributed by atoms with Gasteiger partial charge < -0.3 is 0 Å². The number of benzene rings is 2. The van der Waals surface area contributed by atoms with Crippen molar-refractivity contribution in [3.63, 3.8) is 0 Å². The van der Waals surface area contributed by atoms with Crippen LogP contribution in [0, 0.1) is 11.8 Å². The highest BCUT2D eigenvalue weighted by Gasteiger charge is 2.55. The lowest BCUT2D eigenvalue weighted by Gasteiger charge is -2.39. The molecule has 0 heterocycles. The van der Waals surface area contributed by atoms with Crippen LogP contribution in [0.4, 0.5) is 0 Å². The van der Waals surface area contributed by atoms with E-state index in [0.29, 0.717) is 17.6 Å². The molecule has 1 saturated carbocycles. The Hall–Kier alpha value is -1.89. The van der Waals surface area contributed by atoms with Gasteiger partial charge in [-0.25, -0.2) is 0 Å². The number of fused-ring (bicyclic) bond motifs is 6. The lowest BCUT2D eigenvalue weighted by atomic mass is 9.62. The minimum Gasteiger partial charge on any atom is -0.299 e. The number of Topliss-reactive ketones (excluding diaryl/α,β-unsaturated/α-hetero) is 1. The van der Waals surface area contributed by atoms with Crippen LogP contribution in [-0.4, -0.2) is 5.78 Å². The van der Waals surface area contributed by atoms with Gasteiger partial charge in [-0.15, -0.1) is 0 Å². The minimum absolute atomic E-state index is 0.205. The smallest absolute Gasteiger partial charge is 0.144 e. The van der Waals surface area contributed by atoms with E-state index in [9.17, 15) is 4.79 Å². The summed E-state index contributed by atoms with van der Waals surface area (Å²) in [5.74, 6) is 1.55. The number of hydrogen-bond acceptors (Lipinski definition) is 1. The van der Waals surface area contributed by atoms with Crippen LogP contribution in [0.1, 0.15) is 42.9 Å². The number of aryl methyl sites for hydroxylation is 2. The quantitative estimate of drug-likeness (QED) is 0.695. The molecule has 3 unspecified atom stereocenters. The van der Waals surface area contributed by atoms with Gasteiger partial charge in [0.25, 0.3) is 0 Å². The molecule has 116 valence electrons. The summed E-state index contributed by atoms with van der Waals surface area (Å²) in [6.07, 6.45) is 9.59. The summed E-state index contributed by atoms with van der Waals surface area (Å²) in [6, 6.07) is 11.5. The highest BCUT2D eigenvalue weighted by atomic mass is 16.1. The molecule has 0 N–H and O–H groups in total. The summed E-state index contributed by atoms with van der Waals surface area (Å²) >= 11 is 0. The van der Waals surface area contributed by atoms with E-state index in [1.807, 2.05) is 0 Å². The molecule has 1 spiro atoms. The Labute approximate surface area is 137 Å². The van der Waals surface area contributed by atoms with Crippen LogP contribution in [0.2, 0.25) is 0 Å². The number of carbonyl (C=O) groups is 1. The molecule has 3 aliphatic carbocycles. The number of allylic oxidation sites excluding steroid dienone is 2. The third-order valence-electron chi connectivity index (χ3n) is 6.52. The molecule has 2 aromatic rings. The van der Waals surface area contributed by atoms with Crippen molar-refractivity contribution in [2.24, 2.45) is 11.8 Å². The third kappa shape index (κ3) is 1.71. The second-order valence-electron chi connectivity index (χ2n) is 7.63. The van der Waals surface area contributed by atoms with E-state index in [2.05, 4.69) is 49.4 Å². The van der Waals surface area contributed by atoms with E-state index in [0.717, 1.165) is 25.7 Å². The molecule has 0 saturated heterocycles. The molecule has 3 aliphatic rings. The average Bonchev–Trinajstić information content (AvgIpc) is 3.19. The fourth-order valence-electron chi connectivity index (χ4n) is 5.34. The molecule has 0 aromatic heterocycles. The second kappa shape index (κ2) is 4.56. The van der Waals surface area contributed by atoms with E-state index in [4.69, 9.17) is 0 Å². The second-order valence-corrected chi connectivity index (χ2v) is 7.63. The fourth-order valence-corrected chi connectivity index (χ4v) is 5.34. The maximum Gasteiger partial charge on any atom is 0.144 e. The predicted octanol–water partition coefficient (Wildman–Crippen LogP) is 4.75. The number of carbonyl (C=O) groups excluding carboxylic acids is 1. The summed E-state index contributed by atoms with van der Waals surface area (Å²) in [4.78, 5) is 13.0. The van der Waals surface area contributed by atoms with Crippen LogP contribution in [0.25, 0.3) is 10.8 Å². The zero-order valence-corrected chi connectivity index (χ0v) is 13.6. The summed E-state index contributed by atoms with van der Waals surface area (Å²) < 4.78 is 0. The van der Waals surface area contributed by atoms with Gasteiger partial charge in [0.05, 0.1) is 5.41 Å². The Morgan fingerprint density at radius 1 is 1.09 bits per heavy atom.